The molecule has 3 N–H and O–H groups in total. The minimum absolute atomic E-state index is 0.0904. The summed E-state index contributed by atoms with van der Waals surface area (Å²) in [6, 6.07) is 25.8. The lowest BCUT2D eigenvalue weighted by molar-refractivity contribution is -0.135. The van der Waals surface area contributed by atoms with Gasteiger partial charge in [0.25, 0.3) is 0 Å². The maximum atomic E-state index is 14.1. The second kappa shape index (κ2) is 19.1. The lowest BCUT2D eigenvalue weighted by Gasteiger charge is -2.29. The summed E-state index contributed by atoms with van der Waals surface area (Å²) in [5, 5.41) is 17.3. The van der Waals surface area contributed by atoms with Crippen molar-refractivity contribution in [3.63, 3.8) is 0 Å². The molecule has 0 radical (unpaired) electrons. The van der Waals surface area contributed by atoms with Crippen molar-refractivity contribution < 1.29 is 24.2 Å². The highest BCUT2D eigenvalue weighted by Crippen LogP contribution is 2.40. The number of aromatic hydroxyl groups is 1. The fourth-order valence-electron chi connectivity index (χ4n) is 6.94. The van der Waals surface area contributed by atoms with Crippen LogP contribution in [0.3, 0.4) is 0 Å². The van der Waals surface area contributed by atoms with Crippen LogP contribution in [0.2, 0.25) is 0 Å². The fourth-order valence-corrected chi connectivity index (χ4v) is 6.94. The van der Waals surface area contributed by atoms with Gasteiger partial charge in [-0.3, -0.25) is 19.2 Å². The molecule has 0 aliphatic rings. The quantitative estimate of drug-likeness (QED) is 0.0925. The standard InChI is InChI=1S/C48H58N4O7/c1-32-43(58-30-34-15-11-9-12-16-34)40(53)19-23-51(32)25-21-49-45(56)37(27-36-28-38(47(3,4)5)42(55)39(29-36)48(6,7)8)46(57)50-22-26-52-24-20-41(54)44(33(52)2)59-31-35-17-13-10-14-18-35/h9-20,23-24,28-29,37,55H,21-22,25-27,30-31H2,1-8H3,(H,49,56)(H,50,57). The van der Waals surface area contributed by atoms with Gasteiger partial charge in [-0.25, -0.2) is 0 Å². The fraction of sp³-hybridized carbons (Fsp3) is 0.375. The lowest BCUT2D eigenvalue weighted by Crippen LogP contribution is -2.44. The molecule has 2 aromatic heterocycles. The predicted molar refractivity (Wildman–Crippen MR) is 231 cm³/mol. The summed E-state index contributed by atoms with van der Waals surface area (Å²) < 4.78 is 15.6. The first kappa shape index (κ1) is 44.0. The van der Waals surface area contributed by atoms with Crippen LogP contribution in [0.4, 0.5) is 0 Å². The van der Waals surface area contributed by atoms with Gasteiger partial charge in [-0.05, 0) is 58.9 Å². The summed E-state index contributed by atoms with van der Waals surface area (Å²) in [5.74, 6) is -1.33. The van der Waals surface area contributed by atoms with Gasteiger partial charge in [-0.2, -0.15) is 0 Å². The van der Waals surface area contributed by atoms with E-state index in [1.165, 1.54) is 12.1 Å². The van der Waals surface area contributed by atoms with Crippen molar-refractivity contribution in [1.29, 1.82) is 0 Å². The largest absolute Gasteiger partial charge is 0.507 e. The Morgan fingerprint density at radius 1 is 0.627 bits per heavy atom. The highest BCUT2D eigenvalue weighted by atomic mass is 16.5. The van der Waals surface area contributed by atoms with E-state index in [0.29, 0.717) is 24.5 Å². The van der Waals surface area contributed by atoms with E-state index in [1.807, 2.05) is 123 Å². The second-order valence-electron chi connectivity index (χ2n) is 17.0. The van der Waals surface area contributed by atoms with E-state index in [0.717, 1.165) is 27.8 Å². The Kier molecular flexibility index (Phi) is 14.2. The van der Waals surface area contributed by atoms with E-state index < -0.39 is 28.6 Å². The highest BCUT2D eigenvalue weighted by Gasteiger charge is 2.31. The van der Waals surface area contributed by atoms with Crippen LogP contribution in [-0.2, 0) is 53.1 Å². The zero-order valence-electron chi connectivity index (χ0n) is 35.6. The third kappa shape index (κ3) is 11.5. The lowest BCUT2D eigenvalue weighted by atomic mass is 9.77. The smallest absolute Gasteiger partial charge is 0.232 e. The van der Waals surface area contributed by atoms with Crippen LogP contribution in [0.25, 0.3) is 0 Å². The number of phenols is 1. The van der Waals surface area contributed by atoms with Crippen LogP contribution in [0.5, 0.6) is 17.2 Å². The van der Waals surface area contributed by atoms with Gasteiger partial charge in [-0.15, -0.1) is 0 Å². The van der Waals surface area contributed by atoms with Gasteiger partial charge in [0.05, 0.1) is 11.4 Å². The Morgan fingerprint density at radius 2 is 1.02 bits per heavy atom. The van der Waals surface area contributed by atoms with Gasteiger partial charge in [0.2, 0.25) is 22.7 Å². The van der Waals surface area contributed by atoms with Gasteiger partial charge in [0.1, 0.15) is 24.9 Å². The van der Waals surface area contributed by atoms with Crippen LogP contribution >= 0.6 is 0 Å². The normalized spacial score (nSPS) is 11.7. The minimum Gasteiger partial charge on any atom is -0.507 e. The number of pyridine rings is 2. The number of phenolic OH excluding ortho intramolecular Hbond substituents is 1. The number of nitrogens with zero attached hydrogens (tertiary/aromatic N) is 2. The van der Waals surface area contributed by atoms with Crippen molar-refractivity contribution in [2.45, 2.75) is 98.9 Å². The number of ether oxygens (including phenoxy) is 2. The molecule has 0 aliphatic carbocycles. The number of rotatable bonds is 16. The summed E-state index contributed by atoms with van der Waals surface area (Å²) in [6.07, 6.45) is 3.42. The van der Waals surface area contributed by atoms with Crippen molar-refractivity contribution in [2.24, 2.45) is 5.92 Å². The molecule has 0 fully saturated rings. The summed E-state index contributed by atoms with van der Waals surface area (Å²) in [6.45, 7) is 17.2. The molecule has 11 nitrogen and oxygen atoms in total. The Balaban J connectivity index is 1.34. The Labute approximate surface area is 347 Å². The number of hydrogen-bond acceptors (Lipinski definition) is 7. The minimum atomic E-state index is -1.11. The van der Waals surface area contributed by atoms with Crippen molar-refractivity contribution in [2.75, 3.05) is 13.1 Å². The van der Waals surface area contributed by atoms with Crippen LogP contribution in [0, 0.1) is 19.8 Å². The Morgan fingerprint density at radius 3 is 1.39 bits per heavy atom. The first-order valence-corrected chi connectivity index (χ1v) is 20.1. The molecule has 0 spiro atoms. The van der Waals surface area contributed by atoms with Crippen molar-refractivity contribution >= 4 is 11.8 Å². The summed E-state index contributed by atoms with van der Waals surface area (Å²) >= 11 is 0. The van der Waals surface area contributed by atoms with Gasteiger partial charge in [0, 0.05) is 50.7 Å². The molecule has 0 unspecified atom stereocenters. The zero-order chi connectivity index (χ0) is 42.9. The number of amides is 2. The molecule has 59 heavy (non-hydrogen) atoms. The molecule has 11 heteroatoms. The molecule has 312 valence electrons. The SMILES string of the molecule is Cc1c(OCc2ccccc2)c(=O)ccn1CCNC(=O)C(Cc1cc(C(C)(C)C)c(O)c(C(C)(C)C)c1)C(=O)NCCn1ccc(=O)c(OCc2ccccc2)c1C. The highest BCUT2D eigenvalue weighted by molar-refractivity contribution is 6.00. The van der Waals surface area contributed by atoms with E-state index in [9.17, 15) is 24.3 Å². The maximum absolute atomic E-state index is 14.1. The number of hydrogen-bond donors (Lipinski definition) is 3. The van der Waals surface area contributed by atoms with E-state index >= 15 is 0 Å². The molecule has 2 heterocycles. The van der Waals surface area contributed by atoms with Gasteiger partial charge in [0.15, 0.2) is 11.5 Å². The molecule has 5 aromatic rings. The first-order chi connectivity index (χ1) is 27.9. The summed E-state index contributed by atoms with van der Waals surface area (Å²) in [5.41, 5.74) is 4.05. The molecule has 0 saturated carbocycles. The number of carbonyl (C=O) groups excluding carboxylic acids is 2. The molecule has 0 aliphatic heterocycles. The summed E-state index contributed by atoms with van der Waals surface area (Å²) in [7, 11) is 0. The molecule has 0 saturated heterocycles. The number of nitrogens with one attached hydrogen (secondary N) is 2. The monoisotopic (exact) mass is 802 g/mol. The first-order valence-electron chi connectivity index (χ1n) is 20.1. The van der Waals surface area contributed by atoms with Crippen molar-refractivity contribution in [3.8, 4) is 17.2 Å². The molecule has 2 amide bonds. The molecular weight excluding hydrogens is 745 g/mol. The molecular formula is C48H58N4O7. The molecule has 3 aromatic carbocycles. The zero-order valence-corrected chi connectivity index (χ0v) is 35.6. The van der Waals surface area contributed by atoms with Gasteiger partial charge >= 0.3 is 0 Å². The second-order valence-corrected chi connectivity index (χ2v) is 17.0. The van der Waals surface area contributed by atoms with Crippen LogP contribution in [-0.4, -0.2) is 39.1 Å². The Hall–Kier alpha value is -6.10. The number of carbonyl (C=O) groups is 2. The third-order valence-corrected chi connectivity index (χ3v) is 10.4. The average Bonchev–Trinajstić information content (AvgIpc) is 3.18. The van der Waals surface area contributed by atoms with E-state index in [4.69, 9.17) is 9.47 Å². The third-order valence-electron chi connectivity index (χ3n) is 10.4. The van der Waals surface area contributed by atoms with E-state index in [2.05, 4.69) is 10.6 Å². The van der Waals surface area contributed by atoms with E-state index in [1.54, 1.807) is 26.2 Å². The average molecular weight is 803 g/mol. The Bertz CT molecular complexity index is 2190. The molecule has 0 bridgehead atoms. The van der Waals surface area contributed by atoms with Gasteiger partial charge in [-0.1, -0.05) is 114 Å². The number of aromatic nitrogens is 2. The van der Waals surface area contributed by atoms with Crippen LogP contribution < -0.4 is 31.0 Å². The van der Waals surface area contributed by atoms with E-state index in [-0.39, 0.29) is 60.8 Å². The molecule has 0 atom stereocenters. The topological polar surface area (TPSA) is 141 Å². The molecule has 5 rings (SSSR count). The predicted octanol–water partition coefficient (Wildman–Crippen LogP) is 6.88. The van der Waals surface area contributed by atoms with Crippen molar-refractivity contribution in [1.82, 2.24) is 19.8 Å². The van der Waals surface area contributed by atoms with Gasteiger partial charge < -0.3 is 34.3 Å². The summed E-state index contributed by atoms with van der Waals surface area (Å²) in [4.78, 5) is 53.6. The van der Waals surface area contributed by atoms with Crippen molar-refractivity contribution in [3.05, 3.63) is 157 Å². The number of benzene rings is 3. The van der Waals surface area contributed by atoms with Crippen LogP contribution in [0.15, 0.2) is 107 Å². The maximum Gasteiger partial charge on any atom is 0.232 e. The van der Waals surface area contributed by atoms with Crippen LogP contribution in [0.1, 0.15) is 80.7 Å².